The molecule has 1 aliphatic rings. The van der Waals surface area contributed by atoms with Gasteiger partial charge in [0.15, 0.2) is 0 Å². The molecule has 132 valence electrons. The minimum atomic E-state index is 1.01. The smallest absolute Gasteiger partial charge is 0.0449 e. The first kappa shape index (κ1) is 17.3. The molecule has 3 aromatic heterocycles. The summed E-state index contributed by atoms with van der Waals surface area (Å²) < 4.78 is 0. The van der Waals surface area contributed by atoms with Crippen LogP contribution in [-0.4, -0.2) is 0 Å². The van der Waals surface area contributed by atoms with Crippen LogP contribution in [0.15, 0.2) is 83.6 Å². The molecule has 0 nitrogen and oxygen atoms in total. The lowest BCUT2D eigenvalue weighted by Crippen LogP contribution is -1.87. The van der Waals surface area contributed by atoms with Crippen molar-refractivity contribution in [3.8, 4) is 20.2 Å². The molecule has 0 spiro atoms. The van der Waals surface area contributed by atoms with Gasteiger partial charge in [-0.3, -0.25) is 0 Å². The second-order valence-electron chi connectivity index (χ2n) is 6.17. The fraction of sp³-hybridized carbons (Fsp3) is 0.0435. The second kappa shape index (κ2) is 7.64. The first-order valence-corrected chi connectivity index (χ1v) is 12.1. The van der Waals surface area contributed by atoms with Crippen LogP contribution in [0.4, 0.5) is 0 Å². The molecule has 1 aliphatic heterocycles. The van der Waals surface area contributed by atoms with Crippen LogP contribution >= 0.6 is 45.8 Å². The summed E-state index contributed by atoms with van der Waals surface area (Å²) in [7, 11) is 0. The maximum Gasteiger partial charge on any atom is 0.0449 e. The van der Waals surface area contributed by atoms with E-state index in [9.17, 15) is 0 Å². The molecule has 4 aromatic rings. The summed E-state index contributed by atoms with van der Waals surface area (Å²) in [5, 5.41) is 4.28. The van der Waals surface area contributed by atoms with E-state index in [4.69, 9.17) is 0 Å². The predicted octanol–water partition coefficient (Wildman–Crippen LogP) is 8.72. The Kier molecular flexibility index (Phi) is 4.89. The van der Waals surface area contributed by atoms with Crippen LogP contribution in [0.5, 0.6) is 0 Å². The SMILES string of the molecule is C1=C(c2ccc(-c3ccc(-c4cccs4)s3)cc2)SC(c2cccs2)=CC1. The maximum atomic E-state index is 2.33. The number of thioether (sulfide) groups is 1. The average Bonchev–Trinajstić information content (AvgIpc) is 3.50. The van der Waals surface area contributed by atoms with E-state index in [1.54, 1.807) is 11.3 Å². The van der Waals surface area contributed by atoms with Gasteiger partial charge in [0, 0.05) is 29.3 Å². The highest BCUT2D eigenvalue weighted by atomic mass is 32.2. The van der Waals surface area contributed by atoms with Gasteiger partial charge in [-0.25, -0.2) is 0 Å². The summed E-state index contributed by atoms with van der Waals surface area (Å²) in [5.74, 6) is 0. The molecule has 5 rings (SSSR count). The molecular formula is C23H16S4. The Morgan fingerprint density at radius 2 is 1.22 bits per heavy atom. The van der Waals surface area contributed by atoms with Gasteiger partial charge in [-0.15, -0.1) is 34.0 Å². The first-order valence-electron chi connectivity index (χ1n) is 8.73. The Hall–Kier alpha value is -1.85. The molecule has 0 N–H and O–H groups in total. The van der Waals surface area contributed by atoms with Crippen molar-refractivity contribution in [3.05, 3.63) is 94.0 Å². The van der Waals surface area contributed by atoms with Crippen molar-refractivity contribution in [2.45, 2.75) is 6.42 Å². The van der Waals surface area contributed by atoms with Crippen LogP contribution < -0.4 is 0 Å². The van der Waals surface area contributed by atoms with E-state index in [2.05, 4.69) is 83.6 Å². The molecule has 0 unspecified atom stereocenters. The van der Waals surface area contributed by atoms with Crippen LogP contribution in [0.25, 0.3) is 30.0 Å². The third-order valence-corrected chi connectivity index (χ3v) is 8.88. The molecule has 27 heavy (non-hydrogen) atoms. The van der Waals surface area contributed by atoms with E-state index in [1.807, 2.05) is 34.4 Å². The Morgan fingerprint density at radius 3 is 1.96 bits per heavy atom. The van der Waals surface area contributed by atoms with Gasteiger partial charge in [0.05, 0.1) is 0 Å². The topological polar surface area (TPSA) is 0 Å². The molecule has 0 saturated carbocycles. The van der Waals surface area contributed by atoms with Gasteiger partial charge < -0.3 is 0 Å². The minimum Gasteiger partial charge on any atom is -0.143 e. The third-order valence-electron chi connectivity index (χ3n) is 4.41. The van der Waals surface area contributed by atoms with Crippen LogP contribution in [0.3, 0.4) is 0 Å². The molecule has 0 atom stereocenters. The van der Waals surface area contributed by atoms with Crippen molar-refractivity contribution >= 4 is 55.6 Å². The Balaban J connectivity index is 1.36. The average molecular weight is 421 g/mol. The van der Waals surface area contributed by atoms with Gasteiger partial charge in [0.25, 0.3) is 0 Å². The number of benzene rings is 1. The number of hydrogen-bond donors (Lipinski definition) is 0. The Morgan fingerprint density at radius 1 is 0.556 bits per heavy atom. The van der Waals surface area contributed by atoms with E-state index < -0.39 is 0 Å². The van der Waals surface area contributed by atoms with Crippen molar-refractivity contribution in [3.63, 3.8) is 0 Å². The number of thiophene rings is 3. The summed E-state index contributed by atoms with van der Waals surface area (Å²) in [6, 6.07) is 22.1. The standard InChI is InChI=1S/C23H16S4/c1-4-18(26-22(5-1)20-6-2-14-24-20)16-8-10-17(11-9-16)19-12-13-23(27-19)21-7-3-15-25-21/h2-15H,1H2. The van der Waals surface area contributed by atoms with E-state index >= 15 is 0 Å². The van der Waals surface area contributed by atoms with Gasteiger partial charge >= 0.3 is 0 Å². The maximum absolute atomic E-state index is 2.33. The molecule has 0 bridgehead atoms. The lowest BCUT2D eigenvalue weighted by atomic mass is 10.1. The van der Waals surface area contributed by atoms with Gasteiger partial charge in [-0.1, -0.05) is 60.3 Å². The molecule has 0 radical (unpaired) electrons. The van der Waals surface area contributed by atoms with Gasteiger partial charge in [-0.2, -0.15) is 0 Å². The molecular weight excluding hydrogens is 405 g/mol. The van der Waals surface area contributed by atoms with Gasteiger partial charge in [0.2, 0.25) is 0 Å². The van der Waals surface area contributed by atoms with Crippen LogP contribution in [0.2, 0.25) is 0 Å². The summed E-state index contributed by atoms with van der Waals surface area (Å²) in [4.78, 5) is 8.12. The fourth-order valence-electron chi connectivity index (χ4n) is 3.06. The summed E-state index contributed by atoms with van der Waals surface area (Å²) in [6.07, 6.45) is 5.66. The first-order chi connectivity index (χ1) is 13.4. The molecule has 4 heteroatoms. The zero-order valence-corrected chi connectivity index (χ0v) is 17.7. The number of hydrogen-bond acceptors (Lipinski definition) is 4. The third kappa shape index (κ3) is 3.63. The second-order valence-corrected chi connectivity index (χ2v) is 10.2. The summed E-state index contributed by atoms with van der Waals surface area (Å²) in [5.41, 5.74) is 2.60. The lowest BCUT2D eigenvalue weighted by molar-refractivity contribution is 1.41. The molecule has 0 fully saturated rings. The van der Waals surface area contributed by atoms with Crippen molar-refractivity contribution in [1.82, 2.24) is 0 Å². The normalized spacial score (nSPS) is 14.1. The van der Waals surface area contributed by atoms with E-state index in [0.29, 0.717) is 0 Å². The van der Waals surface area contributed by atoms with Crippen molar-refractivity contribution < 1.29 is 0 Å². The highest BCUT2D eigenvalue weighted by Gasteiger charge is 2.13. The molecule has 4 heterocycles. The van der Waals surface area contributed by atoms with Crippen molar-refractivity contribution in [2.75, 3.05) is 0 Å². The number of allylic oxidation sites excluding steroid dienone is 2. The monoisotopic (exact) mass is 420 g/mol. The zero-order valence-electron chi connectivity index (χ0n) is 14.4. The predicted molar refractivity (Wildman–Crippen MR) is 126 cm³/mol. The molecule has 1 aromatic carbocycles. The summed E-state index contributed by atoms with van der Waals surface area (Å²) >= 11 is 7.36. The fourth-order valence-corrected chi connectivity index (χ4v) is 6.86. The van der Waals surface area contributed by atoms with Crippen LogP contribution in [0.1, 0.15) is 16.9 Å². The quantitative estimate of drug-likeness (QED) is 0.318. The Labute approximate surface area is 175 Å². The van der Waals surface area contributed by atoms with Crippen LogP contribution in [0, 0.1) is 0 Å². The van der Waals surface area contributed by atoms with Gasteiger partial charge in [0.1, 0.15) is 0 Å². The van der Waals surface area contributed by atoms with E-state index in [1.165, 1.54) is 40.4 Å². The van der Waals surface area contributed by atoms with E-state index in [0.717, 1.165) is 6.42 Å². The largest absolute Gasteiger partial charge is 0.143 e. The highest BCUT2D eigenvalue weighted by molar-refractivity contribution is 8.16. The summed E-state index contributed by atoms with van der Waals surface area (Å²) in [6.45, 7) is 0. The van der Waals surface area contributed by atoms with E-state index in [-0.39, 0.29) is 0 Å². The van der Waals surface area contributed by atoms with Crippen molar-refractivity contribution in [2.24, 2.45) is 0 Å². The molecule has 0 saturated heterocycles. The lowest BCUT2D eigenvalue weighted by Gasteiger charge is -2.14. The van der Waals surface area contributed by atoms with Gasteiger partial charge in [-0.05, 0) is 52.6 Å². The highest BCUT2D eigenvalue weighted by Crippen LogP contribution is 2.44. The molecule has 0 aliphatic carbocycles. The number of rotatable bonds is 4. The minimum absolute atomic E-state index is 1.01. The molecule has 0 amide bonds. The van der Waals surface area contributed by atoms with Crippen molar-refractivity contribution in [1.29, 1.82) is 0 Å². The van der Waals surface area contributed by atoms with Crippen LogP contribution in [-0.2, 0) is 0 Å². The Bertz CT molecular complexity index is 1090. The zero-order chi connectivity index (χ0) is 18.1.